The first-order valence-corrected chi connectivity index (χ1v) is 5.23. The third-order valence-electron chi connectivity index (χ3n) is 2.16. The summed E-state index contributed by atoms with van der Waals surface area (Å²) in [5.74, 6) is -0.342. The number of rotatable bonds is 3. The van der Waals surface area contributed by atoms with Gasteiger partial charge in [0, 0.05) is 6.07 Å². The summed E-state index contributed by atoms with van der Waals surface area (Å²) >= 11 is 0. The van der Waals surface area contributed by atoms with Crippen LogP contribution in [0.5, 0.6) is 5.75 Å². The van der Waals surface area contributed by atoms with Gasteiger partial charge >= 0.3 is 6.03 Å². The highest BCUT2D eigenvalue weighted by atomic mass is 19.1. The Morgan fingerprint density at radius 2 is 2.10 bits per heavy atom. The van der Waals surface area contributed by atoms with Crippen molar-refractivity contribution in [3.63, 3.8) is 0 Å². The molecule has 0 aliphatic rings. The van der Waals surface area contributed by atoms with E-state index in [1.165, 1.54) is 25.3 Å². The number of nitrogens with zero attached hydrogens (tertiary/aromatic N) is 2. The van der Waals surface area contributed by atoms with Crippen LogP contribution in [0.4, 0.5) is 14.9 Å². The highest BCUT2D eigenvalue weighted by molar-refractivity contribution is 5.91. The average molecular weight is 275 g/mol. The number of urea groups is 1. The van der Waals surface area contributed by atoms with Crippen molar-refractivity contribution >= 4 is 11.7 Å². The lowest BCUT2D eigenvalue weighted by Gasteiger charge is -2.09. The normalized spacial score (nSPS) is 10.6. The Bertz CT molecular complexity index is 642. The summed E-state index contributed by atoms with van der Waals surface area (Å²) in [7, 11) is 1.39. The molecule has 0 fully saturated rings. The molecule has 2 amide bonds. The summed E-state index contributed by atoms with van der Waals surface area (Å²) in [5.41, 5.74) is 4.19. The number of nitriles is 2. The molecule has 0 atom stereocenters. The van der Waals surface area contributed by atoms with Gasteiger partial charge < -0.3 is 15.8 Å². The molecule has 0 aliphatic heterocycles. The zero-order valence-electron chi connectivity index (χ0n) is 10.4. The van der Waals surface area contributed by atoms with Gasteiger partial charge in [-0.2, -0.15) is 10.5 Å². The van der Waals surface area contributed by atoms with Crippen molar-refractivity contribution in [2.75, 3.05) is 12.4 Å². The lowest BCUT2D eigenvalue weighted by atomic mass is 10.3. The van der Waals surface area contributed by atoms with Crippen LogP contribution in [-0.2, 0) is 0 Å². The van der Waals surface area contributed by atoms with Crippen LogP contribution < -0.4 is 21.1 Å². The maximum Gasteiger partial charge on any atom is 0.324 e. The van der Waals surface area contributed by atoms with Crippen molar-refractivity contribution in [1.82, 2.24) is 5.32 Å². The molecule has 1 aromatic rings. The summed E-state index contributed by atoms with van der Waals surface area (Å²) in [6, 6.07) is 5.91. The first-order chi connectivity index (χ1) is 9.51. The summed E-state index contributed by atoms with van der Waals surface area (Å²) in [5, 5.41) is 21.4. The van der Waals surface area contributed by atoms with Gasteiger partial charge in [-0.1, -0.05) is 0 Å². The largest absolute Gasteiger partial charge is 0.497 e. The molecule has 0 saturated heterocycles. The fourth-order valence-corrected chi connectivity index (χ4v) is 1.21. The number of anilines is 1. The Morgan fingerprint density at radius 3 is 2.65 bits per heavy atom. The maximum absolute atomic E-state index is 13.5. The van der Waals surface area contributed by atoms with Crippen LogP contribution in [0.25, 0.3) is 0 Å². The predicted octanol–water partition coefficient (Wildman–Crippen LogP) is 1.17. The molecule has 0 radical (unpaired) electrons. The van der Waals surface area contributed by atoms with Gasteiger partial charge in [-0.15, -0.1) is 0 Å². The quantitative estimate of drug-likeness (QED) is 0.714. The number of methoxy groups -OCH3 is 1. The molecule has 102 valence electrons. The summed E-state index contributed by atoms with van der Waals surface area (Å²) in [6.07, 6.45) is 0. The van der Waals surface area contributed by atoms with Crippen molar-refractivity contribution in [2.45, 2.75) is 0 Å². The van der Waals surface area contributed by atoms with Gasteiger partial charge in [0.2, 0.25) is 0 Å². The Balaban J connectivity index is 2.88. The minimum Gasteiger partial charge on any atom is -0.497 e. The third kappa shape index (κ3) is 3.62. The average Bonchev–Trinajstić information content (AvgIpc) is 2.46. The van der Waals surface area contributed by atoms with Gasteiger partial charge in [-0.05, 0) is 12.1 Å². The zero-order valence-corrected chi connectivity index (χ0v) is 10.4. The number of hydrogen-bond donors (Lipinski definition) is 3. The molecule has 0 heterocycles. The van der Waals surface area contributed by atoms with E-state index in [9.17, 15) is 9.18 Å². The Morgan fingerprint density at radius 1 is 1.40 bits per heavy atom. The minimum absolute atomic E-state index is 0.144. The SMILES string of the molecule is COc1ccc(F)c(NC(=O)NC(C#N)=C(N)C#N)c1. The van der Waals surface area contributed by atoms with E-state index in [1.54, 1.807) is 6.07 Å². The van der Waals surface area contributed by atoms with E-state index in [1.807, 2.05) is 5.32 Å². The number of nitrogens with two attached hydrogens (primary N) is 1. The molecule has 0 spiro atoms. The number of amides is 2. The molecule has 20 heavy (non-hydrogen) atoms. The number of carbonyl (C=O) groups excluding carboxylic acids is 1. The number of allylic oxidation sites excluding steroid dienone is 2. The van der Waals surface area contributed by atoms with E-state index in [4.69, 9.17) is 21.0 Å². The maximum atomic E-state index is 13.5. The molecule has 8 heteroatoms. The monoisotopic (exact) mass is 275 g/mol. The lowest BCUT2D eigenvalue weighted by molar-refractivity contribution is 0.254. The van der Waals surface area contributed by atoms with Gasteiger partial charge in [0.1, 0.15) is 29.4 Å². The van der Waals surface area contributed by atoms with Crippen LogP contribution in [0.15, 0.2) is 29.6 Å². The number of hydrogen-bond acceptors (Lipinski definition) is 5. The van der Waals surface area contributed by atoms with Gasteiger partial charge in [-0.3, -0.25) is 5.32 Å². The molecular weight excluding hydrogens is 265 g/mol. The van der Waals surface area contributed by atoms with Gasteiger partial charge in [0.25, 0.3) is 0 Å². The first kappa shape index (κ1) is 14.8. The predicted molar refractivity (Wildman–Crippen MR) is 67.5 cm³/mol. The van der Waals surface area contributed by atoms with Gasteiger partial charge in [0.05, 0.1) is 12.8 Å². The van der Waals surface area contributed by atoms with Crippen LogP contribution in [-0.4, -0.2) is 13.1 Å². The van der Waals surface area contributed by atoms with E-state index in [2.05, 4.69) is 5.32 Å². The van der Waals surface area contributed by atoms with Crippen LogP contribution in [0, 0.1) is 28.5 Å². The molecular formula is C12H10FN5O2. The number of nitrogens with one attached hydrogen (secondary N) is 2. The van der Waals surface area contributed by atoms with Crippen molar-refractivity contribution in [2.24, 2.45) is 5.73 Å². The second kappa shape index (κ2) is 6.61. The molecule has 0 unspecified atom stereocenters. The number of carbonyl (C=O) groups is 1. The lowest BCUT2D eigenvalue weighted by Crippen LogP contribution is -2.29. The van der Waals surface area contributed by atoms with Crippen LogP contribution in [0.3, 0.4) is 0 Å². The van der Waals surface area contributed by atoms with Crippen molar-refractivity contribution < 1.29 is 13.9 Å². The van der Waals surface area contributed by atoms with Crippen molar-refractivity contribution in [1.29, 1.82) is 10.5 Å². The first-order valence-electron chi connectivity index (χ1n) is 5.23. The molecule has 4 N–H and O–H groups in total. The van der Waals surface area contributed by atoms with Crippen molar-refractivity contribution in [3.8, 4) is 17.9 Å². The molecule has 0 aliphatic carbocycles. The fraction of sp³-hybridized carbons (Fsp3) is 0.0833. The molecule has 1 rings (SSSR count). The second-order valence-electron chi connectivity index (χ2n) is 3.44. The Kier molecular flexibility index (Phi) is 4.89. The van der Waals surface area contributed by atoms with Gasteiger partial charge in [0.15, 0.2) is 5.70 Å². The van der Waals surface area contributed by atoms with Crippen molar-refractivity contribution in [3.05, 3.63) is 35.4 Å². The van der Waals surface area contributed by atoms with E-state index in [0.717, 1.165) is 6.07 Å². The number of halogens is 1. The fourth-order valence-electron chi connectivity index (χ4n) is 1.21. The van der Waals surface area contributed by atoms with Crippen LogP contribution in [0.1, 0.15) is 0 Å². The molecule has 0 aromatic heterocycles. The van der Waals surface area contributed by atoms with E-state index in [-0.39, 0.29) is 5.69 Å². The Hall–Kier alpha value is -3.26. The highest BCUT2D eigenvalue weighted by Crippen LogP contribution is 2.20. The van der Waals surface area contributed by atoms with E-state index >= 15 is 0 Å². The topological polar surface area (TPSA) is 124 Å². The van der Waals surface area contributed by atoms with Crippen LogP contribution >= 0.6 is 0 Å². The Labute approximate surface area is 114 Å². The molecule has 1 aromatic carbocycles. The van der Waals surface area contributed by atoms with E-state index in [0.29, 0.717) is 5.75 Å². The summed E-state index contributed by atoms with van der Waals surface area (Å²) in [4.78, 5) is 11.6. The highest BCUT2D eigenvalue weighted by Gasteiger charge is 2.11. The second-order valence-corrected chi connectivity index (χ2v) is 3.44. The van der Waals surface area contributed by atoms with Crippen LogP contribution in [0.2, 0.25) is 0 Å². The minimum atomic E-state index is -0.910. The summed E-state index contributed by atoms with van der Waals surface area (Å²) < 4.78 is 18.3. The standard InChI is InChI=1S/C12H10FN5O2/c1-20-7-2-3-8(13)10(4-7)17-12(19)18-11(6-15)9(16)5-14/h2-4H,16H2,1H3,(H2,17,18,19). The zero-order chi connectivity index (χ0) is 15.1. The number of ether oxygens (including phenoxy) is 1. The number of benzene rings is 1. The summed E-state index contributed by atoms with van der Waals surface area (Å²) in [6.45, 7) is 0. The third-order valence-corrected chi connectivity index (χ3v) is 2.16. The smallest absolute Gasteiger partial charge is 0.324 e. The molecule has 7 nitrogen and oxygen atoms in total. The van der Waals surface area contributed by atoms with E-state index < -0.39 is 23.2 Å². The molecule has 0 bridgehead atoms. The van der Waals surface area contributed by atoms with Gasteiger partial charge in [-0.25, -0.2) is 9.18 Å². The molecule has 0 saturated carbocycles.